The van der Waals surface area contributed by atoms with Crippen LogP contribution in [0.5, 0.6) is 0 Å². The third-order valence-electron chi connectivity index (χ3n) is 5.81. The van der Waals surface area contributed by atoms with Crippen molar-refractivity contribution in [2.45, 2.75) is 70.4 Å². The molecule has 1 aliphatic rings. The molecule has 1 aromatic heterocycles. The number of pyridine rings is 1. The van der Waals surface area contributed by atoms with E-state index in [4.69, 9.17) is 0 Å². The van der Waals surface area contributed by atoms with Gasteiger partial charge >= 0.3 is 0 Å². The number of hydrogen-bond donors (Lipinski definition) is 1. The van der Waals surface area contributed by atoms with Gasteiger partial charge in [-0.2, -0.15) is 0 Å². The average molecular weight is 422 g/mol. The third kappa shape index (κ3) is 5.57. The maximum Gasteiger partial charge on any atom is 0.292 e. The van der Waals surface area contributed by atoms with E-state index in [9.17, 15) is 14.4 Å². The molecule has 1 fully saturated rings. The van der Waals surface area contributed by atoms with Crippen molar-refractivity contribution in [1.82, 2.24) is 10.3 Å². The number of carbonyl (C=O) groups is 3. The highest BCUT2D eigenvalue weighted by Crippen LogP contribution is 2.31. The average Bonchev–Trinajstić information content (AvgIpc) is 2.77. The Labute approximate surface area is 184 Å². The predicted molar refractivity (Wildman–Crippen MR) is 121 cm³/mol. The molecule has 3 rings (SSSR count). The van der Waals surface area contributed by atoms with Crippen molar-refractivity contribution in [2.75, 3.05) is 4.90 Å². The predicted octanol–water partition coefficient (Wildman–Crippen LogP) is 4.10. The molecule has 164 valence electrons. The van der Waals surface area contributed by atoms with Gasteiger partial charge in [-0.3, -0.25) is 24.3 Å². The minimum absolute atomic E-state index is 0.0564. The maximum absolute atomic E-state index is 13.4. The summed E-state index contributed by atoms with van der Waals surface area (Å²) in [7, 11) is 0. The zero-order valence-electron chi connectivity index (χ0n) is 18.5. The summed E-state index contributed by atoms with van der Waals surface area (Å²) >= 11 is 0. The van der Waals surface area contributed by atoms with E-state index in [-0.39, 0.29) is 23.7 Å². The van der Waals surface area contributed by atoms with Crippen LogP contribution in [-0.2, 0) is 19.8 Å². The monoisotopic (exact) mass is 421 g/mol. The maximum atomic E-state index is 13.4. The lowest BCUT2D eigenvalue weighted by molar-refractivity contribution is -0.132. The third-order valence-corrected chi connectivity index (χ3v) is 5.81. The first-order valence-electron chi connectivity index (χ1n) is 10.9. The Morgan fingerprint density at radius 2 is 1.77 bits per heavy atom. The molecule has 1 saturated carbocycles. The van der Waals surface area contributed by atoms with Crippen LogP contribution in [0.25, 0.3) is 0 Å². The number of nitrogens with one attached hydrogen (secondary N) is 1. The first-order chi connectivity index (χ1) is 14.8. The number of amides is 2. The summed E-state index contributed by atoms with van der Waals surface area (Å²) in [6, 6.07) is 10.0. The molecule has 0 saturated heterocycles. The molecule has 31 heavy (non-hydrogen) atoms. The highest BCUT2D eigenvalue weighted by Gasteiger charge is 2.34. The van der Waals surface area contributed by atoms with E-state index in [2.05, 4.69) is 31.1 Å². The fraction of sp³-hybridized carbons (Fsp3) is 0.440. The van der Waals surface area contributed by atoms with Crippen LogP contribution in [0.1, 0.15) is 70.0 Å². The van der Waals surface area contributed by atoms with Gasteiger partial charge in [-0.15, -0.1) is 0 Å². The lowest BCUT2D eigenvalue weighted by Crippen LogP contribution is -2.47. The number of anilines is 1. The Balaban J connectivity index is 2.00. The minimum Gasteiger partial charge on any atom is -0.351 e. The highest BCUT2D eigenvalue weighted by atomic mass is 16.2. The fourth-order valence-electron chi connectivity index (χ4n) is 4.06. The molecule has 6 nitrogen and oxygen atoms in total. The van der Waals surface area contributed by atoms with Crippen molar-refractivity contribution >= 4 is 23.8 Å². The molecule has 0 bridgehead atoms. The number of aldehydes is 1. The van der Waals surface area contributed by atoms with Gasteiger partial charge in [0.05, 0.1) is 0 Å². The molecule has 1 atom stereocenters. The van der Waals surface area contributed by atoms with E-state index < -0.39 is 11.9 Å². The summed E-state index contributed by atoms with van der Waals surface area (Å²) in [5.74, 6) is -1.06. The molecule has 2 amide bonds. The Bertz CT molecular complexity index is 898. The molecule has 0 radical (unpaired) electrons. The minimum atomic E-state index is -0.978. The Morgan fingerprint density at radius 3 is 2.32 bits per heavy atom. The van der Waals surface area contributed by atoms with Crippen LogP contribution in [0, 0.1) is 0 Å². The number of nitrogens with zero attached hydrogens (tertiary/aromatic N) is 2. The molecule has 0 unspecified atom stereocenters. The van der Waals surface area contributed by atoms with E-state index in [1.165, 1.54) is 11.3 Å². The highest BCUT2D eigenvalue weighted by molar-refractivity contribution is 6.31. The normalized spacial score (nSPS) is 15.7. The van der Waals surface area contributed by atoms with E-state index in [0.717, 1.165) is 31.2 Å². The first kappa shape index (κ1) is 22.7. The standard InChI is InChI=1S/C25H31N3O3/c1-25(2,3)19-11-13-21(14-12-19)28(22(30)17-29)23(18-8-7-15-26-16-18)24(31)27-20-9-5-4-6-10-20/h7-8,11-17,20,23H,4-6,9-10H2,1-3H3,(H,27,31)/t23-/m0/s1. The fourth-order valence-corrected chi connectivity index (χ4v) is 4.06. The molecule has 1 N–H and O–H groups in total. The van der Waals surface area contributed by atoms with E-state index >= 15 is 0 Å². The number of carbonyl (C=O) groups excluding carboxylic acids is 3. The molecule has 1 heterocycles. The van der Waals surface area contributed by atoms with Crippen molar-refractivity contribution in [3.8, 4) is 0 Å². The van der Waals surface area contributed by atoms with Gasteiger partial charge in [0.1, 0.15) is 6.04 Å². The van der Waals surface area contributed by atoms with Gasteiger partial charge in [-0.1, -0.05) is 58.2 Å². The summed E-state index contributed by atoms with van der Waals surface area (Å²) in [5, 5.41) is 3.11. The van der Waals surface area contributed by atoms with E-state index in [1.807, 2.05) is 12.1 Å². The van der Waals surface area contributed by atoms with Crippen LogP contribution in [0.15, 0.2) is 48.8 Å². The van der Waals surface area contributed by atoms with Crippen molar-refractivity contribution < 1.29 is 14.4 Å². The Kier molecular flexibility index (Phi) is 7.21. The summed E-state index contributed by atoms with van der Waals surface area (Å²) in [4.78, 5) is 43.2. The van der Waals surface area contributed by atoms with Gasteiger partial charge in [0, 0.05) is 29.7 Å². The summed E-state index contributed by atoms with van der Waals surface area (Å²) in [6.45, 7) is 6.31. The first-order valence-corrected chi connectivity index (χ1v) is 10.9. The molecule has 0 spiro atoms. The van der Waals surface area contributed by atoms with Gasteiger partial charge < -0.3 is 5.32 Å². The number of benzene rings is 1. The van der Waals surface area contributed by atoms with Crippen LogP contribution in [-0.4, -0.2) is 29.1 Å². The molecular weight excluding hydrogens is 390 g/mol. The summed E-state index contributed by atoms with van der Waals surface area (Å²) in [6.07, 6.45) is 8.62. The second kappa shape index (κ2) is 9.86. The van der Waals surface area contributed by atoms with Gasteiger partial charge in [0.15, 0.2) is 0 Å². The largest absolute Gasteiger partial charge is 0.351 e. The van der Waals surface area contributed by atoms with Crippen LogP contribution in [0.2, 0.25) is 0 Å². The number of rotatable bonds is 6. The zero-order valence-corrected chi connectivity index (χ0v) is 18.5. The molecule has 2 aromatic rings. The molecule has 1 aliphatic carbocycles. The summed E-state index contributed by atoms with van der Waals surface area (Å²) in [5.41, 5.74) is 2.10. The van der Waals surface area contributed by atoms with Crippen LogP contribution in [0.3, 0.4) is 0 Å². The van der Waals surface area contributed by atoms with Crippen molar-refractivity contribution in [1.29, 1.82) is 0 Å². The second-order valence-electron chi connectivity index (χ2n) is 9.16. The van der Waals surface area contributed by atoms with Crippen molar-refractivity contribution in [2.24, 2.45) is 0 Å². The topological polar surface area (TPSA) is 79.4 Å². The molecule has 0 aliphatic heterocycles. The quantitative estimate of drug-likeness (QED) is 0.563. The van der Waals surface area contributed by atoms with Gasteiger partial charge in [-0.25, -0.2) is 0 Å². The number of hydrogen-bond acceptors (Lipinski definition) is 4. The smallest absolute Gasteiger partial charge is 0.292 e. The van der Waals surface area contributed by atoms with E-state index in [1.54, 1.807) is 36.7 Å². The number of aromatic nitrogens is 1. The van der Waals surface area contributed by atoms with Gasteiger partial charge in [0.25, 0.3) is 5.91 Å². The SMILES string of the molecule is CC(C)(C)c1ccc(N(C(=O)C=O)[C@H](C(=O)NC2CCCCC2)c2cccnc2)cc1. The Morgan fingerprint density at radius 1 is 1.10 bits per heavy atom. The lowest BCUT2D eigenvalue weighted by atomic mass is 9.87. The molecule has 1 aromatic carbocycles. The summed E-state index contributed by atoms with van der Waals surface area (Å²) < 4.78 is 0. The van der Waals surface area contributed by atoms with Crippen molar-refractivity contribution in [3.05, 3.63) is 59.9 Å². The zero-order chi connectivity index (χ0) is 22.4. The van der Waals surface area contributed by atoms with Gasteiger partial charge in [-0.05, 0) is 42.0 Å². The van der Waals surface area contributed by atoms with Crippen LogP contribution < -0.4 is 10.2 Å². The van der Waals surface area contributed by atoms with Crippen molar-refractivity contribution in [3.63, 3.8) is 0 Å². The lowest BCUT2D eigenvalue weighted by Gasteiger charge is -2.32. The van der Waals surface area contributed by atoms with E-state index in [0.29, 0.717) is 11.3 Å². The molecule has 6 heteroatoms. The van der Waals surface area contributed by atoms with Gasteiger partial charge in [0.2, 0.25) is 12.2 Å². The van der Waals surface area contributed by atoms with Crippen LogP contribution in [0.4, 0.5) is 5.69 Å². The second-order valence-corrected chi connectivity index (χ2v) is 9.16. The Hall–Kier alpha value is -3.02. The van der Waals surface area contributed by atoms with Crippen LogP contribution >= 0.6 is 0 Å². The molecular formula is C25H31N3O3.